The predicted molar refractivity (Wildman–Crippen MR) is 88.0 cm³/mol. The molecule has 0 unspecified atom stereocenters. The first kappa shape index (κ1) is 16.8. The normalized spacial score (nSPS) is 15.2. The van der Waals surface area contributed by atoms with Gasteiger partial charge in [-0.3, -0.25) is 4.79 Å². The van der Waals surface area contributed by atoms with Crippen LogP contribution in [-0.4, -0.2) is 33.4 Å². The summed E-state index contributed by atoms with van der Waals surface area (Å²) >= 11 is 0. The highest BCUT2D eigenvalue weighted by Gasteiger charge is 2.22. The number of nitrogens with zero attached hydrogens (tertiary/aromatic N) is 4. The molecular formula is C17H19N5O3. The maximum absolute atomic E-state index is 12.1. The molecule has 2 aromatic rings. The summed E-state index contributed by atoms with van der Waals surface area (Å²) in [5.74, 6) is 1.41. The van der Waals surface area contributed by atoms with Crippen LogP contribution in [0.2, 0.25) is 0 Å². The van der Waals surface area contributed by atoms with E-state index in [0.29, 0.717) is 13.2 Å². The second-order valence-corrected chi connectivity index (χ2v) is 5.79. The molecule has 0 bridgehead atoms. The fourth-order valence-electron chi connectivity index (χ4n) is 2.73. The molecule has 3 rings (SSSR count). The number of nitrogens with one attached hydrogen (secondary N) is 1. The summed E-state index contributed by atoms with van der Waals surface area (Å²) < 4.78 is 12.8. The van der Waals surface area contributed by atoms with E-state index >= 15 is 0 Å². The van der Waals surface area contributed by atoms with Gasteiger partial charge in [-0.25, -0.2) is 9.67 Å². The Bertz CT molecular complexity index is 824. The number of hydrogen-bond acceptors (Lipinski definition) is 6. The summed E-state index contributed by atoms with van der Waals surface area (Å²) in [6.07, 6.45) is 2.36. The van der Waals surface area contributed by atoms with Crippen LogP contribution in [0.3, 0.4) is 0 Å². The Kier molecular flexibility index (Phi) is 4.84. The molecule has 1 atom stereocenters. The Labute approximate surface area is 145 Å². The average Bonchev–Trinajstić information content (AvgIpc) is 3.17. The maximum atomic E-state index is 12.1. The van der Waals surface area contributed by atoms with Crippen LogP contribution in [0.5, 0.6) is 11.5 Å². The number of nitriles is 1. The predicted octanol–water partition coefficient (Wildman–Crippen LogP) is 1.19. The molecule has 0 radical (unpaired) electrons. The monoisotopic (exact) mass is 341 g/mol. The topological polar surface area (TPSA) is 102 Å². The third-order valence-corrected chi connectivity index (χ3v) is 3.80. The van der Waals surface area contributed by atoms with Crippen molar-refractivity contribution in [2.45, 2.75) is 39.5 Å². The second-order valence-electron chi connectivity index (χ2n) is 5.79. The number of rotatable bonds is 6. The van der Waals surface area contributed by atoms with Crippen LogP contribution in [-0.2, 0) is 24.3 Å². The lowest BCUT2D eigenvalue weighted by Gasteiger charge is -2.13. The lowest BCUT2D eigenvalue weighted by molar-refractivity contribution is -0.122. The van der Waals surface area contributed by atoms with Crippen LogP contribution in [0.25, 0.3) is 0 Å². The Morgan fingerprint density at radius 1 is 1.56 bits per heavy atom. The molecule has 0 saturated carbocycles. The molecule has 130 valence electrons. The van der Waals surface area contributed by atoms with Crippen molar-refractivity contribution in [1.29, 1.82) is 5.26 Å². The van der Waals surface area contributed by atoms with Gasteiger partial charge in [0.1, 0.15) is 36.5 Å². The largest absolute Gasteiger partial charge is 0.494 e. The highest BCUT2D eigenvalue weighted by Crippen LogP contribution is 2.35. The number of carbonyl (C=O) groups excluding carboxylic acids is 1. The summed E-state index contributed by atoms with van der Waals surface area (Å²) in [6.45, 7) is 4.81. The zero-order valence-corrected chi connectivity index (χ0v) is 14.2. The van der Waals surface area contributed by atoms with E-state index in [9.17, 15) is 4.79 Å². The molecule has 8 heteroatoms. The van der Waals surface area contributed by atoms with Crippen LogP contribution in [0.4, 0.5) is 0 Å². The van der Waals surface area contributed by atoms with Crippen molar-refractivity contribution in [3.05, 3.63) is 35.4 Å². The molecular weight excluding hydrogens is 322 g/mol. The van der Waals surface area contributed by atoms with Crippen molar-refractivity contribution in [3.8, 4) is 17.6 Å². The van der Waals surface area contributed by atoms with Crippen LogP contribution < -0.4 is 14.8 Å². The number of hydrogen-bond donors (Lipinski definition) is 1. The van der Waals surface area contributed by atoms with E-state index in [0.717, 1.165) is 29.0 Å². The summed E-state index contributed by atoms with van der Waals surface area (Å²) in [6, 6.07) is 5.73. The summed E-state index contributed by atoms with van der Waals surface area (Å²) in [4.78, 5) is 15.8. The molecule has 0 spiro atoms. The van der Waals surface area contributed by atoms with E-state index in [1.54, 1.807) is 0 Å². The highest BCUT2D eigenvalue weighted by molar-refractivity contribution is 5.75. The summed E-state index contributed by atoms with van der Waals surface area (Å²) in [5, 5.41) is 15.4. The van der Waals surface area contributed by atoms with Crippen LogP contribution in [0.15, 0.2) is 18.5 Å². The number of fused-ring (bicyclic) bond motifs is 1. The van der Waals surface area contributed by atoms with Crippen molar-refractivity contribution in [3.63, 3.8) is 0 Å². The second kappa shape index (κ2) is 7.21. The van der Waals surface area contributed by atoms with Gasteiger partial charge in [0.25, 0.3) is 5.82 Å². The first-order valence-electron chi connectivity index (χ1n) is 8.10. The summed E-state index contributed by atoms with van der Waals surface area (Å²) in [7, 11) is 0. The molecule has 1 aliphatic rings. The van der Waals surface area contributed by atoms with E-state index in [4.69, 9.17) is 14.7 Å². The minimum Gasteiger partial charge on any atom is -0.494 e. The van der Waals surface area contributed by atoms with Crippen molar-refractivity contribution in [2.24, 2.45) is 0 Å². The third-order valence-electron chi connectivity index (χ3n) is 3.80. The highest BCUT2D eigenvalue weighted by atomic mass is 16.5. The minimum absolute atomic E-state index is 0.00285. The lowest BCUT2D eigenvalue weighted by Crippen LogP contribution is -2.27. The SMILES string of the molecule is CCOc1cc2c(cc1CNC(=O)Cn1cnc(C#N)n1)O[C@@H](C)C2. The van der Waals surface area contributed by atoms with Crippen LogP contribution in [0.1, 0.15) is 30.8 Å². The lowest BCUT2D eigenvalue weighted by atomic mass is 10.1. The number of amides is 1. The molecule has 0 aliphatic carbocycles. The number of ether oxygens (including phenoxy) is 2. The molecule has 1 aromatic heterocycles. The van der Waals surface area contributed by atoms with Gasteiger partial charge in [-0.15, -0.1) is 5.10 Å². The molecule has 25 heavy (non-hydrogen) atoms. The first-order valence-corrected chi connectivity index (χ1v) is 8.10. The standard InChI is InChI=1S/C17H19N5O3/c1-3-24-14-5-12-4-11(2)25-15(12)6-13(14)8-19-17(23)9-22-10-20-16(7-18)21-22/h5-6,10-11H,3-4,8-9H2,1-2H3,(H,19,23)/t11-/m0/s1. The van der Waals surface area contributed by atoms with Gasteiger partial charge < -0.3 is 14.8 Å². The van der Waals surface area contributed by atoms with Crippen LogP contribution in [0, 0.1) is 11.3 Å². The van der Waals surface area contributed by atoms with E-state index in [1.165, 1.54) is 11.0 Å². The number of benzene rings is 1. The van der Waals surface area contributed by atoms with Crippen molar-refractivity contribution in [1.82, 2.24) is 20.1 Å². The molecule has 2 heterocycles. The van der Waals surface area contributed by atoms with Crippen LogP contribution >= 0.6 is 0 Å². The molecule has 1 aromatic carbocycles. The van der Waals surface area contributed by atoms with Gasteiger partial charge in [0, 0.05) is 24.1 Å². The summed E-state index contributed by atoms with van der Waals surface area (Å²) in [5.41, 5.74) is 1.98. The van der Waals surface area contributed by atoms with E-state index in [1.807, 2.05) is 32.0 Å². The zero-order valence-electron chi connectivity index (χ0n) is 14.2. The third kappa shape index (κ3) is 3.88. The average molecular weight is 341 g/mol. The smallest absolute Gasteiger partial charge is 0.252 e. The van der Waals surface area contributed by atoms with Gasteiger partial charge in [0.05, 0.1) is 6.61 Å². The van der Waals surface area contributed by atoms with Crippen molar-refractivity contribution in [2.75, 3.05) is 6.61 Å². The van der Waals surface area contributed by atoms with E-state index < -0.39 is 0 Å². The van der Waals surface area contributed by atoms with Crippen molar-refractivity contribution >= 4 is 5.91 Å². The van der Waals surface area contributed by atoms with Gasteiger partial charge in [-0.2, -0.15) is 5.26 Å². The first-order chi connectivity index (χ1) is 12.1. The fraction of sp³-hybridized carbons (Fsp3) is 0.412. The van der Waals surface area contributed by atoms with Crippen molar-refractivity contribution < 1.29 is 14.3 Å². The van der Waals surface area contributed by atoms with Gasteiger partial charge >= 0.3 is 0 Å². The molecule has 0 saturated heterocycles. The Morgan fingerprint density at radius 2 is 2.40 bits per heavy atom. The number of carbonyl (C=O) groups is 1. The van der Waals surface area contributed by atoms with Gasteiger partial charge in [0.15, 0.2) is 0 Å². The fourth-order valence-corrected chi connectivity index (χ4v) is 2.73. The van der Waals surface area contributed by atoms with E-state index in [-0.39, 0.29) is 24.4 Å². The Hall–Kier alpha value is -3.08. The molecule has 1 aliphatic heterocycles. The maximum Gasteiger partial charge on any atom is 0.252 e. The van der Waals surface area contributed by atoms with Gasteiger partial charge in [-0.1, -0.05) is 0 Å². The van der Waals surface area contributed by atoms with E-state index in [2.05, 4.69) is 15.4 Å². The quantitative estimate of drug-likeness (QED) is 0.847. The Morgan fingerprint density at radius 3 is 3.12 bits per heavy atom. The number of aromatic nitrogens is 3. The van der Waals surface area contributed by atoms with Gasteiger partial charge in [-0.05, 0) is 26.0 Å². The molecule has 1 amide bonds. The molecule has 1 N–H and O–H groups in total. The zero-order chi connectivity index (χ0) is 17.8. The Balaban J connectivity index is 1.66. The molecule has 0 fully saturated rings. The molecule has 8 nitrogen and oxygen atoms in total. The van der Waals surface area contributed by atoms with Gasteiger partial charge in [0.2, 0.25) is 5.91 Å². The minimum atomic E-state index is -0.230.